The van der Waals surface area contributed by atoms with E-state index in [9.17, 15) is 5.11 Å². The molecule has 1 N–H and O–H groups in total. The number of hydrogen-bond donors (Lipinski definition) is 1. The third-order valence-corrected chi connectivity index (χ3v) is 3.14. The summed E-state index contributed by atoms with van der Waals surface area (Å²) < 4.78 is 0. The first-order chi connectivity index (χ1) is 6.23. The number of aliphatic hydroxyl groups is 1. The Balaban J connectivity index is 2.61. The monoisotopic (exact) mass is 182 g/mol. The smallest absolute Gasteiger partial charge is 0.0712 e. The van der Waals surface area contributed by atoms with Crippen molar-refractivity contribution in [1.29, 1.82) is 0 Å². The molecule has 0 saturated carbocycles. The van der Waals surface area contributed by atoms with Gasteiger partial charge in [-0.15, -0.1) is 0 Å². The van der Waals surface area contributed by atoms with E-state index in [-0.39, 0.29) is 5.60 Å². The van der Waals surface area contributed by atoms with E-state index in [1.165, 1.54) is 12.8 Å². The predicted octanol–water partition coefficient (Wildman–Crippen LogP) is 3.28. The summed E-state index contributed by atoms with van der Waals surface area (Å²) in [6.45, 7) is 4.35. The van der Waals surface area contributed by atoms with Crippen LogP contribution >= 0.6 is 0 Å². The van der Waals surface area contributed by atoms with Crippen LogP contribution in [0.5, 0.6) is 0 Å². The lowest BCUT2D eigenvalue weighted by Gasteiger charge is -2.37. The Morgan fingerprint density at radius 1 is 1.31 bits per heavy atom. The van der Waals surface area contributed by atoms with Gasteiger partial charge in [0, 0.05) is 0 Å². The molecule has 0 saturated heterocycles. The van der Waals surface area contributed by atoms with Crippen LogP contribution in [0.1, 0.15) is 52.4 Å². The van der Waals surface area contributed by atoms with Crippen molar-refractivity contribution in [2.24, 2.45) is 5.92 Å². The van der Waals surface area contributed by atoms with Gasteiger partial charge in [-0.2, -0.15) is 0 Å². The largest absolute Gasteiger partial charge is 0.389 e. The minimum absolute atomic E-state index is 0.389. The van der Waals surface area contributed by atoms with E-state index in [4.69, 9.17) is 0 Å². The van der Waals surface area contributed by atoms with Gasteiger partial charge in [0.05, 0.1) is 5.60 Å². The molecule has 0 radical (unpaired) electrons. The molecule has 0 amide bonds. The molecule has 0 aromatic heterocycles. The Bertz CT molecular complexity index is 174. The molecule has 2 atom stereocenters. The van der Waals surface area contributed by atoms with Crippen LogP contribution in [0.4, 0.5) is 0 Å². The first kappa shape index (κ1) is 10.8. The maximum absolute atomic E-state index is 10.4. The zero-order valence-corrected chi connectivity index (χ0v) is 8.92. The lowest BCUT2D eigenvalue weighted by Crippen LogP contribution is -2.38. The highest BCUT2D eigenvalue weighted by Gasteiger charge is 2.34. The Kier molecular flexibility index (Phi) is 3.98. The molecule has 0 fully saturated rings. The predicted molar refractivity (Wildman–Crippen MR) is 56.6 cm³/mol. The molecule has 0 bridgehead atoms. The minimum Gasteiger partial charge on any atom is -0.389 e. The number of rotatable bonds is 4. The van der Waals surface area contributed by atoms with Gasteiger partial charge in [-0.25, -0.2) is 0 Å². The Morgan fingerprint density at radius 3 is 2.69 bits per heavy atom. The van der Waals surface area contributed by atoms with Crippen LogP contribution in [-0.4, -0.2) is 10.7 Å². The molecule has 76 valence electrons. The lowest BCUT2D eigenvalue weighted by molar-refractivity contribution is -0.0314. The summed E-state index contributed by atoms with van der Waals surface area (Å²) in [7, 11) is 0. The number of hydrogen-bond acceptors (Lipinski definition) is 1. The molecule has 1 rings (SSSR count). The average Bonchev–Trinajstić information content (AvgIpc) is 2.10. The van der Waals surface area contributed by atoms with Gasteiger partial charge in [0.2, 0.25) is 0 Å². The number of allylic oxidation sites excluding steroid dienone is 1. The summed E-state index contributed by atoms with van der Waals surface area (Å²) in [5.74, 6) is 0.502. The summed E-state index contributed by atoms with van der Waals surface area (Å²) in [6.07, 6.45) is 10.7. The summed E-state index contributed by atoms with van der Waals surface area (Å²) in [5, 5.41) is 10.4. The summed E-state index contributed by atoms with van der Waals surface area (Å²) in [4.78, 5) is 0. The standard InChI is InChI=1S/C12H22O/c1-3-7-11-8-5-6-10-12(11,13)9-4-2/h5-6,11,13H,3-4,7-10H2,1-2H3. The Labute approximate surface area is 81.9 Å². The SMILES string of the molecule is CCCC1CC=CCC1(O)CCC. The van der Waals surface area contributed by atoms with Crippen molar-refractivity contribution in [3.8, 4) is 0 Å². The van der Waals surface area contributed by atoms with E-state index < -0.39 is 0 Å². The molecule has 0 heterocycles. The molecule has 13 heavy (non-hydrogen) atoms. The summed E-state index contributed by atoms with van der Waals surface area (Å²) in [5.41, 5.74) is -0.389. The van der Waals surface area contributed by atoms with Crippen LogP contribution < -0.4 is 0 Å². The minimum atomic E-state index is -0.389. The van der Waals surface area contributed by atoms with Crippen molar-refractivity contribution in [3.63, 3.8) is 0 Å². The van der Waals surface area contributed by atoms with Gasteiger partial charge >= 0.3 is 0 Å². The summed E-state index contributed by atoms with van der Waals surface area (Å²) >= 11 is 0. The van der Waals surface area contributed by atoms with Gasteiger partial charge in [-0.3, -0.25) is 0 Å². The Hall–Kier alpha value is -0.300. The molecule has 0 spiro atoms. The van der Waals surface area contributed by atoms with Gasteiger partial charge in [-0.1, -0.05) is 38.8 Å². The molecule has 0 aromatic rings. The van der Waals surface area contributed by atoms with E-state index >= 15 is 0 Å². The lowest BCUT2D eigenvalue weighted by atomic mass is 9.74. The highest BCUT2D eigenvalue weighted by molar-refractivity contribution is 5.02. The van der Waals surface area contributed by atoms with Crippen LogP contribution in [0.2, 0.25) is 0 Å². The van der Waals surface area contributed by atoms with Crippen LogP contribution in [0.25, 0.3) is 0 Å². The van der Waals surface area contributed by atoms with Gasteiger partial charge in [0.1, 0.15) is 0 Å². The van der Waals surface area contributed by atoms with Crippen LogP contribution in [0, 0.1) is 5.92 Å². The van der Waals surface area contributed by atoms with Gasteiger partial charge in [0.15, 0.2) is 0 Å². The van der Waals surface area contributed by atoms with Crippen molar-refractivity contribution in [2.75, 3.05) is 0 Å². The third-order valence-electron chi connectivity index (χ3n) is 3.14. The second-order valence-electron chi connectivity index (χ2n) is 4.25. The third kappa shape index (κ3) is 2.57. The first-order valence-electron chi connectivity index (χ1n) is 5.60. The molecule has 2 unspecified atom stereocenters. The van der Waals surface area contributed by atoms with Gasteiger partial charge in [-0.05, 0) is 31.6 Å². The maximum atomic E-state index is 10.4. The van der Waals surface area contributed by atoms with Crippen molar-refractivity contribution < 1.29 is 5.11 Å². The fourth-order valence-electron chi connectivity index (χ4n) is 2.41. The Morgan fingerprint density at radius 2 is 2.08 bits per heavy atom. The van der Waals surface area contributed by atoms with Crippen molar-refractivity contribution in [1.82, 2.24) is 0 Å². The fourth-order valence-corrected chi connectivity index (χ4v) is 2.41. The second kappa shape index (κ2) is 4.80. The molecular formula is C12H22O. The molecule has 0 aromatic carbocycles. The first-order valence-corrected chi connectivity index (χ1v) is 5.60. The summed E-state index contributed by atoms with van der Waals surface area (Å²) in [6, 6.07) is 0. The van der Waals surface area contributed by atoms with E-state index in [1.54, 1.807) is 0 Å². The molecule has 0 aliphatic heterocycles. The van der Waals surface area contributed by atoms with Gasteiger partial charge in [0.25, 0.3) is 0 Å². The quantitative estimate of drug-likeness (QED) is 0.661. The topological polar surface area (TPSA) is 20.2 Å². The van der Waals surface area contributed by atoms with Gasteiger partial charge < -0.3 is 5.11 Å². The van der Waals surface area contributed by atoms with Crippen LogP contribution in [0.3, 0.4) is 0 Å². The van der Waals surface area contributed by atoms with Crippen LogP contribution in [0.15, 0.2) is 12.2 Å². The zero-order valence-electron chi connectivity index (χ0n) is 8.92. The molecule has 1 nitrogen and oxygen atoms in total. The molecule has 1 heteroatoms. The van der Waals surface area contributed by atoms with E-state index in [0.717, 1.165) is 25.7 Å². The van der Waals surface area contributed by atoms with Crippen LogP contribution in [-0.2, 0) is 0 Å². The van der Waals surface area contributed by atoms with Crippen molar-refractivity contribution >= 4 is 0 Å². The molecular weight excluding hydrogens is 160 g/mol. The average molecular weight is 182 g/mol. The maximum Gasteiger partial charge on any atom is 0.0712 e. The fraction of sp³-hybridized carbons (Fsp3) is 0.833. The second-order valence-corrected chi connectivity index (χ2v) is 4.25. The van der Waals surface area contributed by atoms with Crippen molar-refractivity contribution in [2.45, 2.75) is 58.0 Å². The highest BCUT2D eigenvalue weighted by atomic mass is 16.3. The normalized spacial score (nSPS) is 33.6. The zero-order chi connectivity index (χ0) is 9.73. The highest BCUT2D eigenvalue weighted by Crippen LogP contribution is 2.36. The van der Waals surface area contributed by atoms with E-state index in [1.807, 2.05) is 0 Å². The van der Waals surface area contributed by atoms with Crippen molar-refractivity contribution in [3.05, 3.63) is 12.2 Å². The van der Waals surface area contributed by atoms with E-state index in [2.05, 4.69) is 26.0 Å². The molecule has 1 aliphatic carbocycles. The van der Waals surface area contributed by atoms with E-state index in [0.29, 0.717) is 5.92 Å². The molecule has 1 aliphatic rings.